The average molecular weight is 421 g/mol. The van der Waals surface area contributed by atoms with Crippen molar-refractivity contribution in [2.45, 2.75) is 103 Å². The van der Waals surface area contributed by atoms with Crippen molar-refractivity contribution in [1.29, 1.82) is 0 Å². The fraction of sp³-hybridized carbons (Fsp3) is 0.552. The molecule has 0 unspecified atom stereocenters. The standard InChI is InChI=1S/C29H40O2/c1-3-5-7-9-12-24-13-15-25(16-14-24)28(30)31-27-19-17-26(18-20-27)29(21-6-4-2)22-10-8-11-23-29/h13-20H,3-12,21-23H2,1-2H3. The highest BCUT2D eigenvalue weighted by molar-refractivity contribution is 5.91. The Kier molecular flexibility index (Phi) is 9.18. The fourth-order valence-electron chi connectivity index (χ4n) is 5.03. The van der Waals surface area contributed by atoms with E-state index in [9.17, 15) is 4.79 Å². The van der Waals surface area contributed by atoms with E-state index in [-0.39, 0.29) is 5.97 Å². The van der Waals surface area contributed by atoms with Gasteiger partial charge in [0.1, 0.15) is 5.75 Å². The minimum atomic E-state index is -0.274. The number of benzene rings is 2. The van der Waals surface area contributed by atoms with Gasteiger partial charge in [-0.3, -0.25) is 0 Å². The van der Waals surface area contributed by atoms with Crippen LogP contribution in [0.25, 0.3) is 0 Å². The van der Waals surface area contributed by atoms with Gasteiger partial charge < -0.3 is 4.74 Å². The molecule has 1 aliphatic rings. The average Bonchev–Trinajstić information content (AvgIpc) is 2.82. The SMILES string of the molecule is CCCCCCc1ccc(C(=O)Oc2ccc(C3(CCCC)CCCCC3)cc2)cc1. The van der Waals surface area contributed by atoms with Crippen LogP contribution in [0.2, 0.25) is 0 Å². The van der Waals surface area contributed by atoms with Crippen LogP contribution in [0.4, 0.5) is 0 Å². The lowest BCUT2D eigenvalue weighted by atomic mass is 9.67. The molecular formula is C29H40O2. The highest BCUT2D eigenvalue weighted by Gasteiger charge is 2.33. The third-order valence-corrected chi connectivity index (χ3v) is 7.01. The number of carbonyl (C=O) groups is 1. The number of esters is 1. The number of hydrogen-bond donors (Lipinski definition) is 0. The minimum Gasteiger partial charge on any atom is -0.423 e. The largest absolute Gasteiger partial charge is 0.423 e. The van der Waals surface area contributed by atoms with Gasteiger partial charge in [-0.25, -0.2) is 4.79 Å². The Balaban J connectivity index is 1.59. The van der Waals surface area contributed by atoms with E-state index in [1.165, 1.54) is 88.2 Å². The summed E-state index contributed by atoms with van der Waals surface area (Å²) in [7, 11) is 0. The first kappa shape index (κ1) is 23.6. The fourth-order valence-corrected chi connectivity index (χ4v) is 5.03. The Labute approximate surface area is 189 Å². The Bertz CT molecular complexity index is 782. The van der Waals surface area contributed by atoms with Gasteiger partial charge >= 0.3 is 5.97 Å². The van der Waals surface area contributed by atoms with Gasteiger partial charge in [-0.2, -0.15) is 0 Å². The highest BCUT2D eigenvalue weighted by atomic mass is 16.5. The summed E-state index contributed by atoms with van der Waals surface area (Å²) in [6.07, 6.45) is 16.5. The van der Waals surface area contributed by atoms with Crippen LogP contribution in [0.1, 0.15) is 112 Å². The molecule has 0 heterocycles. The van der Waals surface area contributed by atoms with Crippen molar-refractivity contribution in [3.8, 4) is 5.75 Å². The molecular weight excluding hydrogens is 380 g/mol. The van der Waals surface area contributed by atoms with Crippen LogP contribution < -0.4 is 4.74 Å². The molecule has 1 fully saturated rings. The maximum Gasteiger partial charge on any atom is 0.343 e. The van der Waals surface area contributed by atoms with Crippen molar-refractivity contribution in [2.75, 3.05) is 0 Å². The zero-order valence-corrected chi connectivity index (χ0v) is 19.6. The molecule has 0 N–H and O–H groups in total. The third-order valence-electron chi connectivity index (χ3n) is 7.01. The van der Waals surface area contributed by atoms with E-state index in [1.54, 1.807) is 0 Å². The van der Waals surface area contributed by atoms with Gasteiger partial charge in [-0.05, 0) is 72.9 Å². The summed E-state index contributed by atoms with van der Waals surface area (Å²) >= 11 is 0. The molecule has 31 heavy (non-hydrogen) atoms. The molecule has 2 nitrogen and oxygen atoms in total. The first-order valence-corrected chi connectivity index (χ1v) is 12.6. The molecule has 2 heteroatoms. The van der Waals surface area contributed by atoms with Gasteiger partial charge in [0.2, 0.25) is 0 Å². The lowest BCUT2D eigenvalue weighted by Crippen LogP contribution is -2.29. The van der Waals surface area contributed by atoms with Gasteiger partial charge in [0.15, 0.2) is 0 Å². The molecule has 0 bridgehead atoms. The maximum atomic E-state index is 12.6. The molecule has 2 aromatic carbocycles. The van der Waals surface area contributed by atoms with Crippen LogP contribution in [0.15, 0.2) is 48.5 Å². The molecule has 0 amide bonds. The molecule has 0 spiro atoms. The molecule has 1 saturated carbocycles. The molecule has 168 valence electrons. The van der Waals surface area contributed by atoms with Crippen molar-refractivity contribution in [1.82, 2.24) is 0 Å². The number of hydrogen-bond acceptors (Lipinski definition) is 2. The van der Waals surface area contributed by atoms with Crippen molar-refractivity contribution in [3.63, 3.8) is 0 Å². The van der Waals surface area contributed by atoms with Crippen LogP contribution in [0.5, 0.6) is 5.75 Å². The van der Waals surface area contributed by atoms with E-state index >= 15 is 0 Å². The van der Waals surface area contributed by atoms with Crippen molar-refractivity contribution in [3.05, 3.63) is 65.2 Å². The van der Waals surface area contributed by atoms with Gasteiger partial charge in [0.05, 0.1) is 5.56 Å². The normalized spacial score (nSPS) is 15.5. The Hall–Kier alpha value is -2.09. The van der Waals surface area contributed by atoms with E-state index in [0.717, 1.165) is 6.42 Å². The highest BCUT2D eigenvalue weighted by Crippen LogP contribution is 2.43. The second kappa shape index (κ2) is 12.1. The molecule has 0 saturated heterocycles. The van der Waals surface area contributed by atoms with Gasteiger partial charge in [0.25, 0.3) is 0 Å². The maximum absolute atomic E-state index is 12.6. The number of aryl methyl sites for hydroxylation is 1. The first-order valence-electron chi connectivity index (χ1n) is 12.6. The van der Waals surface area contributed by atoms with E-state index in [0.29, 0.717) is 16.7 Å². The van der Waals surface area contributed by atoms with Gasteiger partial charge in [0, 0.05) is 0 Å². The summed E-state index contributed by atoms with van der Waals surface area (Å²) in [4.78, 5) is 12.6. The van der Waals surface area contributed by atoms with E-state index in [2.05, 4.69) is 38.1 Å². The topological polar surface area (TPSA) is 26.3 Å². The monoisotopic (exact) mass is 420 g/mol. The lowest BCUT2D eigenvalue weighted by molar-refractivity contribution is 0.0734. The minimum absolute atomic E-state index is 0.274. The van der Waals surface area contributed by atoms with Crippen LogP contribution in [0.3, 0.4) is 0 Å². The quantitative estimate of drug-likeness (QED) is 0.207. The van der Waals surface area contributed by atoms with Crippen LogP contribution >= 0.6 is 0 Å². The van der Waals surface area contributed by atoms with Crippen molar-refractivity contribution >= 4 is 5.97 Å². The van der Waals surface area contributed by atoms with Crippen LogP contribution in [-0.2, 0) is 11.8 Å². The number of rotatable bonds is 11. The summed E-state index contributed by atoms with van der Waals surface area (Å²) < 4.78 is 5.67. The molecule has 1 aliphatic carbocycles. The van der Waals surface area contributed by atoms with Gasteiger partial charge in [-0.15, -0.1) is 0 Å². The zero-order chi connectivity index (χ0) is 21.9. The van der Waals surface area contributed by atoms with Crippen LogP contribution in [0, 0.1) is 0 Å². The van der Waals surface area contributed by atoms with E-state index < -0.39 is 0 Å². The lowest BCUT2D eigenvalue weighted by Gasteiger charge is -2.38. The van der Waals surface area contributed by atoms with Gasteiger partial charge in [-0.1, -0.05) is 89.5 Å². The number of carbonyl (C=O) groups excluding carboxylic acids is 1. The van der Waals surface area contributed by atoms with E-state index in [1.807, 2.05) is 24.3 Å². The Morgan fingerprint density at radius 1 is 0.806 bits per heavy atom. The predicted octanol–water partition coefficient (Wildman–Crippen LogP) is 8.42. The summed E-state index contributed by atoms with van der Waals surface area (Å²) in [6.45, 7) is 4.51. The molecule has 0 aliphatic heterocycles. The molecule has 0 aromatic heterocycles. The second-order valence-electron chi connectivity index (χ2n) is 9.37. The molecule has 0 atom stereocenters. The second-order valence-corrected chi connectivity index (χ2v) is 9.37. The molecule has 2 aromatic rings. The molecule has 3 rings (SSSR count). The first-order chi connectivity index (χ1) is 15.2. The van der Waals surface area contributed by atoms with E-state index in [4.69, 9.17) is 4.74 Å². The predicted molar refractivity (Wildman–Crippen MR) is 130 cm³/mol. The third kappa shape index (κ3) is 6.69. The number of unbranched alkanes of at least 4 members (excludes halogenated alkanes) is 4. The summed E-state index contributed by atoms with van der Waals surface area (Å²) in [5.41, 5.74) is 3.66. The van der Waals surface area contributed by atoms with Crippen molar-refractivity contribution < 1.29 is 9.53 Å². The molecule has 0 radical (unpaired) electrons. The Morgan fingerprint density at radius 3 is 2.13 bits per heavy atom. The zero-order valence-electron chi connectivity index (χ0n) is 19.6. The number of ether oxygens (including phenoxy) is 1. The van der Waals surface area contributed by atoms with Crippen molar-refractivity contribution in [2.24, 2.45) is 0 Å². The summed E-state index contributed by atoms with van der Waals surface area (Å²) in [5.74, 6) is 0.363. The summed E-state index contributed by atoms with van der Waals surface area (Å²) in [6, 6.07) is 16.3. The smallest absolute Gasteiger partial charge is 0.343 e. The summed E-state index contributed by atoms with van der Waals surface area (Å²) in [5, 5.41) is 0. The van der Waals surface area contributed by atoms with Crippen LogP contribution in [-0.4, -0.2) is 5.97 Å². The Morgan fingerprint density at radius 2 is 1.48 bits per heavy atom.